The third-order valence-electron chi connectivity index (χ3n) is 5.88. The lowest BCUT2D eigenvalue weighted by molar-refractivity contribution is -0.143. The van der Waals surface area contributed by atoms with Crippen molar-refractivity contribution >= 4 is 11.8 Å². The predicted molar refractivity (Wildman–Crippen MR) is 105 cm³/mol. The van der Waals surface area contributed by atoms with Gasteiger partial charge >= 0.3 is 0 Å². The van der Waals surface area contributed by atoms with Gasteiger partial charge in [-0.1, -0.05) is 0 Å². The Morgan fingerprint density at radius 2 is 2.00 bits per heavy atom. The predicted octanol–water partition coefficient (Wildman–Crippen LogP) is 2.15. The fraction of sp³-hybridized carbons (Fsp3) is 0.667. The molecule has 2 aliphatic heterocycles. The van der Waals surface area contributed by atoms with Crippen molar-refractivity contribution in [2.75, 3.05) is 40.3 Å². The Hall–Kier alpha value is -1.95. The molecule has 2 aliphatic rings. The van der Waals surface area contributed by atoms with Gasteiger partial charge in [-0.2, -0.15) is 0 Å². The first-order valence-electron chi connectivity index (χ1n) is 10.1. The van der Waals surface area contributed by atoms with Gasteiger partial charge in [0.1, 0.15) is 0 Å². The highest BCUT2D eigenvalue weighted by Gasteiger charge is 2.42. The molecule has 148 valence electrons. The molecular weight excluding hydrogens is 340 g/mol. The Balaban J connectivity index is 1.60. The van der Waals surface area contributed by atoms with E-state index in [9.17, 15) is 9.59 Å². The van der Waals surface area contributed by atoms with Crippen LogP contribution >= 0.6 is 0 Å². The second-order valence-electron chi connectivity index (χ2n) is 8.43. The summed E-state index contributed by atoms with van der Waals surface area (Å²) in [6, 6.07) is 3.94. The van der Waals surface area contributed by atoms with Crippen LogP contribution in [-0.2, 0) is 16.1 Å². The highest BCUT2D eigenvalue weighted by atomic mass is 16.2. The van der Waals surface area contributed by atoms with E-state index in [0.29, 0.717) is 19.4 Å². The highest BCUT2D eigenvalue weighted by molar-refractivity contribution is 5.78. The minimum atomic E-state index is 0.0659. The van der Waals surface area contributed by atoms with Gasteiger partial charge in [0.25, 0.3) is 0 Å². The number of piperidine rings is 2. The molecule has 0 aromatic carbocycles. The summed E-state index contributed by atoms with van der Waals surface area (Å²) in [6.45, 7) is 4.00. The van der Waals surface area contributed by atoms with E-state index in [1.54, 1.807) is 12.4 Å². The molecule has 27 heavy (non-hydrogen) atoms. The van der Waals surface area contributed by atoms with E-state index in [1.165, 1.54) is 0 Å². The third-order valence-corrected chi connectivity index (χ3v) is 5.88. The van der Waals surface area contributed by atoms with E-state index in [2.05, 4.69) is 14.8 Å². The van der Waals surface area contributed by atoms with Gasteiger partial charge in [0, 0.05) is 56.8 Å². The molecule has 1 atom stereocenters. The van der Waals surface area contributed by atoms with E-state index in [-0.39, 0.29) is 17.2 Å². The number of carbonyl (C=O) groups excluding carboxylic acids is 2. The quantitative estimate of drug-likeness (QED) is 0.768. The van der Waals surface area contributed by atoms with Gasteiger partial charge in [-0.05, 0) is 64.0 Å². The molecule has 0 bridgehead atoms. The lowest BCUT2D eigenvalue weighted by Gasteiger charge is -2.48. The smallest absolute Gasteiger partial charge is 0.222 e. The monoisotopic (exact) mass is 372 g/mol. The molecule has 3 heterocycles. The second kappa shape index (κ2) is 8.83. The Labute approximate surface area is 162 Å². The van der Waals surface area contributed by atoms with E-state index < -0.39 is 0 Å². The van der Waals surface area contributed by atoms with Crippen molar-refractivity contribution in [2.45, 2.75) is 45.1 Å². The normalized spacial score (nSPS) is 23.3. The largest absolute Gasteiger partial charge is 0.342 e. The second-order valence-corrected chi connectivity index (χ2v) is 8.43. The van der Waals surface area contributed by atoms with Crippen molar-refractivity contribution in [3.05, 3.63) is 30.1 Å². The summed E-state index contributed by atoms with van der Waals surface area (Å²) >= 11 is 0. The van der Waals surface area contributed by atoms with Crippen LogP contribution in [0, 0.1) is 5.41 Å². The van der Waals surface area contributed by atoms with Gasteiger partial charge < -0.3 is 14.7 Å². The summed E-state index contributed by atoms with van der Waals surface area (Å²) < 4.78 is 0. The SMILES string of the molecule is CN(C)CCCC(=O)N1CCC[C@@]2(CCC(=O)N(Cc3ccncc3)C2)C1. The maximum absolute atomic E-state index is 12.7. The minimum absolute atomic E-state index is 0.0659. The Bertz CT molecular complexity index is 649. The number of hydrogen-bond donors (Lipinski definition) is 0. The lowest BCUT2D eigenvalue weighted by atomic mass is 9.73. The number of amides is 2. The lowest BCUT2D eigenvalue weighted by Crippen LogP contribution is -2.54. The van der Waals surface area contributed by atoms with Gasteiger partial charge in [0.15, 0.2) is 0 Å². The van der Waals surface area contributed by atoms with Crippen LogP contribution in [0.3, 0.4) is 0 Å². The molecule has 1 aromatic heterocycles. The Morgan fingerprint density at radius 1 is 1.22 bits per heavy atom. The maximum atomic E-state index is 12.7. The number of rotatable bonds is 6. The van der Waals surface area contributed by atoms with Crippen LogP contribution in [-0.4, -0.2) is 71.8 Å². The average molecular weight is 373 g/mol. The molecule has 3 rings (SSSR count). The van der Waals surface area contributed by atoms with Gasteiger partial charge in [-0.25, -0.2) is 0 Å². The zero-order valence-corrected chi connectivity index (χ0v) is 16.7. The minimum Gasteiger partial charge on any atom is -0.342 e. The van der Waals surface area contributed by atoms with Crippen LogP contribution in [0.15, 0.2) is 24.5 Å². The topological polar surface area (TPSA) is 56.8 Å². The maximum Gasteiger partial charge on any atom is 0.222 e. The van der Waals surface area contributed by atoms with Crippen molar-refractivity contribution in [1.29, 1.82) is 0 Å². The highest BCUT2D eigenvalue weighted by Crippen LogP contribution is 2.39. The fourth-order valence-electron chi connectivity index (χ4n) is 4.41. The molecule has 0 radical (unpaired) electrons. The molecule has 2 amide bonds. The first-order chi connectivity index (χ1) is 13.0. The number of nitrogens with zero attached hydrogens (tertiary/aromatic N) is 4. The summed E-state index contributed by atoms with van der Waals surface area (Å²) in [5, 5.41) is 0. The number of hydrogen-bond acceptors (Lipinski definition) is 4. The van der Waals surface area contributed by atoms with E-state index in [0.717, 1.165) is 57.4 Å². The van der Waals surface area contributed by atoms with Gasteiger partial charge in [-0.3, -0.25) is 14.6 Å². The molecule has 1 spiro atoms. The first-order valence-corrected chi connectivity index (χ1v) is 10.1. The molecule has 0 N–H and O–H groups in total. The van der Waals surface area contributed by atoms with Gasteiger partial charge in [-0.15, -0.1) is 0 Å². The summed E-state index contributed by atoms with van der Waals surface area (Å²) in [5.41, 5.74) is 1.18. The Morgan fingerprint density at radius 3 is 2.74 bits per heavy atom. The average Bonchev–Trinajstić information content (AvgIpc) is 2.65. The summed E-state index contributed by atoms with van der Waals surface area (Å²) in [6.07, 6.45) is 8.71. The molecule has 2 fully saturated rings. The van der Waals surface area contributed by atoms with Gasteiger partial charge in [0.05, 0.1) is 0 Å². The van der Waals surface area contributed by atoms with Crippen molar-refractivity contribution in [3.8, 4) is 0 Å². The van der Waals surface area contributed by atoms with Crippen molar-refractivity contribution < 1.29 is 9.59 Å². The molecule has 6 heteroatoms. The van der Waals surface area contributed by atoms with Crippen molar-refractivity contribution in [3.63, 3.8) is 0 Å². The zero-order chi connectivity index (χ0) is 19.3. The van der Waals surface area contributed by atoms with E-state index in [4.69, 9.17) is 0 Å². The van der Waals surface area contributed by atoms with Crippen LogP contribution in [0.1, 0.15) is 44.1 Å². The number of likely N-dealkylation sites (tertiary alicyclic amines) is 2. The van der Waals surface area contributed by atoms with Crippen molar-refractivity contribution in [1.82, 2.24) is 19.7 Å². The molecule has 1 aromatic rings. The van der Waals surface area contributed by atoms with Gasteiger partial charge in [0.2, 0.25) is 11.8 Å². The van der Waals surface area contributed by atoms with E-state index >= 15 is 0 Å². The van der Waals surface area contributed by atoms with E-state index in [1.807, 2.05) is 31.1 Å². The molecule has 2 saturated heterocycles. The van der Waals surface area contributed by atoms with Crippen LogP contribution in [0.25, 0.3) is 0 Å². The Kier molecular flexibility index (Phi) is 6.47. The van der Waals surface area contributed by atoms with Crippen molar-refractivity contribution in [2.24, 2.45) is 5.41 Å². The molecular formula is C21H32N4O2. The third kappa shape index (κ3) is 5.28. The molecule has 0 aliphatic carbocycles. The molecule has 0 unspecified atom stereocenters. The zero-order valence-electron chi connectivity index (χ0n) is 16.7. The number of pyridine rings is 1. The summed E-state index contributed by atoms with van der Waals surface area (Å²) in [5.74, 6) is 0.500. The molecule has 6 nitrogen and oxygen atoms in total. The number of carbonyl (C=O) groups is 2. The number of aromatic nitrogens is 1. The summed E-state index contributed by atoms with van der Waals surface area (Å²) in [4.78, 5) is 35.3. The van der Waals surface area contributed by atoms with Crippen LogP contribution < -0.4 is 0 Å². The summed E-state index contributed by atoms with van der Waals surface area (Å²) in [7, 11) is 4.08. The van der Waals surface area contributed by atoms with Crippen LogP contribution in [0.5, 0.6) is 0 Å². The van der Waals surface area contributed by atoms with Crippen LogP contribution in [0.2, 0.25) is 0 Å². The molecule has 0 saturated carbocycles. The standard InChI is InChI=1S/C21H32N4O2/c1-23(2)13-3-5-19(26)24-14-4-9-21(16-24)10-6-20(27)25(17-21)15-18-7-11-22-12-8-18/h7-8,11-12H,3-6,9-10,13-17H2,1-2H3/t21-/m1/s1. The first kappa shape index (κ1) is 19.8. The van der Waals surface area contributed by atoms with Crippen LogP contribution in [0.4, 0.5) is 0 Å². The fourth-order valence-corrected chi connectivity index (χ4v) is 4.41.